The Morgan fingerprint density at radius 1 is 1.05 bits per heavy atom. The highest BCUT2D eigenvalue weighted by Crippen LogP contribution is 2.37. The zero-order valence-corrected chi connectivity index (χ0v) is 14.4. The van der Waals surface area contributed by atoms with Crippen LogP contribution in [0.1, 0.15) is 57.3 Å². The van der Waals surface area contributed by atoms with Crippen LogP contribution in [0.15, 0.2) is 34.9 Å². The number of rotatable bonds is 2. The van der Waals surface area contributed by atoms with Crippen LogP contribution in [-0.4, -0.2) is 9.97 Å². The van der Waals surface area contributed by atoms with E-state index in [2.05, 4.69) is 66.0 Å². The molecule has 1 heterocycles. The largest absolute Gasteiger partial charge is 0.232 e. The molecule has 0 bridgehead atoms. The van der Waals surface area contributed by atoms with Crippen LogP contribution in [0.2, 0.25) is 0 Å². The summed E-state index contributed by atoms with van der Waals surface area (Å²) in [5.41, 5.74) is 3.56. The summed E-state index contributed by atoms with van der Waals surface area (Å²) >= 11 is 3.51. The van der Waals surface area contributed by atoms with Gasteiger partial charge >= 0.3 is 0 Å². The molecule has 2 nitrogen and oxygen atoms in total. The minimum absolute atomic E-state index is 0.0512. The van der Waals surface area contributed by atoms with Gasteiger partial charge in [0.05, 0.1) is 5.69 Å². The molecule has 1 aromatic carbocycles. The summed E-state index contributed by atoms with van der Waals surface area (Å²) in [6.07, 6.45) is 4.05. The van der Waals surface area contributed by atoms with Crippen molar-refractivity contribution in [3.8, 4) is 11.3 Å². The van der Waals surface area contributed by atoms with Crippen LogP contribution in [0.25, 0.3) is 11.3 Å². The lowest BCUT2D eigenvalue weighted by Gasteiger charge is -2.25. The van der Waals surface area contributed by atoms with Crippen LogP contribution in [-0.2, 0) is 5.41 Å². The molecule has 110 valence electrons. The highest BCUT2D eigenvalue weighted by Gasteiger charge is 2.20. The first-order valence-electron chi connectivity index (χ1n) is 7.59. The summed E-state index contributed by atoms with van der Waals surface area (Å²) < 4.78 is 0.848. The molecule has 1 aromatic heterocycles. The lowest BCUT2D eigenvalue weighted by molar-refractivity contribution is 0.420. The number of hydrogen-bond acceptors (Lipinski definition) is 2. The second kappa shape index (κ2) is 5.53. The van der Waals surface area contributed by atoms with Crippen LogP contribution in [0.4, 0.5) is 0 Å². The van der Waals surface area contributed by atoms with Gasteiger partial charge in [0.2, 0.25) is 0 Å². The van der Waals surface area contributed by atoms with Crippen LogP contribution in [0.5, 0.6) is 0 Å². The molecule has 2 aromatic rings. The molecular weight excluding hydrogens is 324 g/mol. The van der Waals surface area contributed by atoms with E-state index >= 15 is 0 Å². The zero-order chi connectivity index (χ0) is 15.0. The van der Waals surface area contributed by atoms with Crippen molar-refractivity contribution in [1.82, 2.24) is 9.97 Å². The van der Waals surface area contributed by atoms with Gasteiger partial charge in [-0.25, -0.2) is 9.97 Å². The minimum Gasteiger partial charge on any atom is -0.232 e. The van der Waals surface area contributed by atoms with Gasteiger partial charge in [0.15, 0.2) is 0 Å². The minimum atomic E-state index is -0.0512. The topological polar surface area (TPSA) is 25.8 Å². The average Bonchev–Trinajstić information content (AvgIpc) is 2.36. The molecule has 0 saturated heterocycles. The van der Waals surface area contributed by atoms with E-state index in [1.807, 2.05) is 6.07 Å². The smallest absolute Gasteiger partial charge is 0.135 e. The van der Waals surface area contributed by atoms with Crippen LogP contribution < -0.4 is 0 Å². The molecule has 1 aliphatic carbocycles. The predicted octanol–water partition coefficient (Wildman–Crippen LogP) is 5.47. The number of nitrogens with zero attached hydrogens (tertiary/aromatic N) is 2. The maximum atomic E-state index is 4.74. The lowest BCUT2D eigenvalue weighted by atomic mass is 9.80. The molecule has 0 spiro atoms. The van der Waals surface area contributed by atoms with Crippen molar-refractivity contribution in [2.24, 2.45) is 0 Å². The van der Waals surface area contributed by atoms with E-state index in [-0.39, 0.29) is 5.41 Å². The van der Waals surface area contributed by atoms with Crippen molar-refractivity contribution in [2.75, 3.05) is 0 Å². The third kappa shape index (κ3) is 3.18. The van der Waals surface area contributed by atoms with E-state index in [1.54, 1.807) is 0 Å². The summed E-state index contributed by atoms with van der Waals surface area (Å²) in [6.45, 7) is 6.41. The summed E-state index contributed by atoms with van der Waals surface area (Å²) in [4.78, 5) is 9.25. The first kappa shape index (κ1) is 14.7. The Kier molecular flexibility index (Phi) is 3.87. The molecule has 21 heavy (non-hydrogen) atoms. The maximum Gasteiger partial charge on any atom is 0.135 e. The first-order valence-corrected chi connectivity index (χ1v) is 8.38. The van der Waals surface area contributed by atoms with Crippen LogP contribution >= 0.6 is 15.9 Å². The first-order chi connectivity index (χ1) is 9.93. The third-order valence-corrected chi connectivity index (χ3v) is 4.55. The Hall–Kier alpha value is -1.22. The fraction of sp³-hybridized carbons (Fsp3) is 0.444. The quantitative estimate of drug-likeness (QED) is 0.675. The molecule has 0 N–H and O–H groups in total. The predicted molar refractivity (Wildman–Crippen MR) is 90.5 cm³/mol. The second-order valence-electron chi connectivity index (χ2n) is 6.90. The van der Waals surface area contributed by atoms with Gasteiger partial charge in [0, 0.05) is 11.0 Å². The van der Waals surface area contributed by atoms with E-state index in [9.17, 15) is 0 Å². The Morgan fingerprint density at radius 2 is 1.71 bits per heavy atom. The van der Waals surface area contributed by atoms with Gasteiger partial charge in [-0.2, -0.15) is 0 Å². The number of benzene rings is 1. The summed E-state index contributed by atoms with van der Waals surface area (Å²) in [7, 11) is 0. The number of halogens is 1. The van der Waals surface area contributed by atoms with Gasteiger partial charge < -0.3 is 0 Å². The molecule has 3 heteroatoms. The van der Waals surface area contributed by atoms with Gasteiger partial charge in [0.1, 0.15) is 10.4 Å². The molecular formula is C18H21BrN2. The van der Waals surface area contributed by atoms with E-state index < -0.39 is 0 Å². The summed E-state index contributed by atoms with van der Waals surface area (Å²) in [5.74, 6) is 1.65. The monoisotopic (exact) mass is 344 g/mol. The van der Waals surface area contributed by atoms with Crippen LogP contribution in [0, 0.1) is 0 Å². The summed E-state index contributed by atoms with van der Waals surface area (Å²) in [5, 5.41) is 0. The third-order valence-electron chi connectivity index (χ3n) is 4.15. The molecule has 1 fully saturated rings. The fourth-order valence-corrected chi connectivity index (χ4v) is 2.95. The Morgan fingerprint density at radius 3 is 2.24 bits per heavy atom. The normalized spacial score (nSPS) is 15.8. The van der Waals surface area contributed by atoms with Crippen molar-refractivity contribution >= 4 is 15.9 Å². The molecule has 3 rings (SSSR count). The van der Waals surface area contributed by atoms with Gasteiger partial charge in [0.25, 0.3) is 0 Å². The van der Waals surface area contributed by atoms with E-state index in [0.29, 0.717) is 0 Å². The highest BCUT2D eigenvalue weighted by molar-refractivity contribution is 9.10. The summed E-state index contributed by atoms with van der Waals surface area (Å²) in [6, 6.07) is 10.9. The van der Waals surface area contributed by atoms with E-state index in [1.165, 1.54) is 24.8 Å². The van der Waals surface area contributed by atoms with E-state index in [0.717, 1.165) is 27.6 Å². The van der Waals surface area contributed by atoms with Crippen molar-refractivity contribution in [1.29, 1.82) is 0 Å². The number of hydrogen-bond donors (Lipinski definition) is 0. The van der Waals surface area contributed by atoms with Gasteiger partial charge in [-0.15, -0.1) is 0 Å². The second-order valence-corrected chi connectivity index (χ2v) is 7.71. The lowest BCUT2D eigenvalue weighted by Crippen LogP contribution is -2.16. The molecule has 1 saturated carbocycles. The van der Waals surface area contributed by atoms with Crippen molar-refractivity contribution in [2.45, 2.75) is 51.4 Å². The molecule has 0 radical (unpaired) electrons. The van der Waals surface area contributed by atoms with Gasteiger partial charge in [-0.3, -0.25) is 0 Å². The van der Waals surface area contributed by atoms with Crippen molar-refractivity contribution in [3.63, 3.8) is 0 Å². The van der Waals surface area contributed by atoms with Crippen molar-refractivity contribution in [3.05, 3.63) is 46.3 Å². The molecule has 1 aliphatic rings. The number of aromatic nitrogens is 2. The Bertz CT molecular complexity index is 637. The van der Waals surface area contributed by atoms with Crippen molar-refractivity contribution < 1.29 is 0 Å². The average molecular weight is 345 g/mol. The standard InChI is InChI=1S/C18H21BrN2/c1-18(2,3)17-20-15(11-16(19)21-17)14-9-7-13(8-10-14)12-5-4-6-12/h7-12H,4-6H2,1-3H3. The maximum absolute atomic E-state index is 4.74. The molecule has 0 unspecified atom stereocenters. The van der Waals surface area contributed by atoms with Gasteiger partial charge in [-0.05, 0) is 46.3 Å². The Balaban J connectivity index is 1.94. The Labute approximate surface area is 135 Å². The van der Waals surface area contributed by atoms with Gasteiger partial charge in [-0.1, -0.05) is 51.5 Å². The SMILES string of the molecule is CC(C)(C)c1nc(Br)cc(-c2ccc(C3CCC3)cc2)n1. The molecule has 0 amide bonds. The highest BCUT2D eigenvalue weighted by atomic mass is 79.9. The van der Waals surface area contributed by atoms with E-state index in [4.69, 9.17) is 4.98 Å². The van der Waals surface area contributed by atoms with Crippen LogP contribution in [0.3, 0.4) is 0 Å². The molecule has 0 atom stereocenters. The fourth-order valence-electron chi connectivity index (χ4n) is 2.57. The zero-order valence-electron chi connectivity index (χ0n) is 12.9. The molecule has 0 aliphatic heterocycles.